The molecule has 1 fully saturated rings. The average Bonchev–Trinajstić information content (AvgIpc) is 2.95. The molecule has 80 valence electrons. The Morgan fingerprint density at radius 1 is 1.53 bits per heavy atom. The van der Waals surface area contributed by atoms with Crippen molar-refractivity contribution >= 4 is 21.9 Å². The summed E-state index contributed by atoms with van der Waals surface area (Å²) < 4.78 is 1.03. The van der Waals surface area contributed by atoms with E-state index in [2.05, 4.69) is 22.9 Å². The monoisotopic (exact) mass is 268 g/mol. The number of hydrogen-bond acceptors (Lipinski definition) is 1. The summed E-state index contributed by atoms with van der Waals surface area (Å²) in [6, 6.07) is 8.00. The van der Waals surface area contributed by atoms with Gasteiger partial charge in [0.2, 0.25) is 0 Å². The molecule has 1 aliphatic carbocycles. The van der Waals surface area contributed by atoms with Crippen molar-refractivity contribution in [1.29, 1.82) is 0 Å². The normalized spacial score (nSPS) is 28.8. The molecule has 2 rings (SSSR count). The minimum absolute atomic E-state index is 0.105. The molecule has 2 atom stereocenters. The topological polar surface area (TPSA) is 37.3 Å². The maximum Gasteiger partial charge on any atom is 0.307 e. The first-order valence-corrected chi connectivity index (χ1v) is 5.88. The van der Waals surface area contributed by atoms with Gasteiger partial charge in [-0.15, -0.1) is 0 Å². The Balaban J connectivity index is 2.30. The molecule has 1 aromatic rings. The predicted molar refractivity (Wildman–Crippen MR) is 61.9 cm³/mol. The van der Waals surface area contributed by atoms with Crippen molar-refractivity contribution in [3.63, 3.8) is 0 Å². The highest BCUT2D eigenvalue weighted by Crippen LogP contribution is 2.56. The summed E-state index contributed by atoms with van der Waals surface area (Å²) in [5.74, 6) is -0.858. The summed E-state index contributed by atoms with van der Waals surface area (Å²) in [5.41, 5.74) is 1.05. The molecule has 0 amide bonds. The van der Waals surface area contributed by atoms with E-state index in [1.54, 1.807) is 0 Å². The van der Waals surface area contributed by atoms with Crippen LogP contribution in [0.25, 0.3) is 0 Å². The number of halogens is 1. The predicted octanol–water partition coefficient (Wildman–Crippen LogP) is 3.20. The lowest BCUT2D eigenvalue weighted by Gasteiger charge is -2.14. The van der Waals surface area contributed by atoms with Crippen molar-refractivity contribution in [2.24, 2.45) is 5.92 Å². The van der Waals surface area contributed by atoms with E-state index in [-0.39, 0.29) is 11.3 Å². The van der Waals surface area contributed by atoms with Crippen LogP contribution in [0.5, 0.6) is 0 Å². The molecule has 0 aromatic heterocycles. The van der Waals surface area contributed by atoms with E-state index < -0.39 is 5.97 Å². The van der Waals surface area contributed by atoms with Crippen LogP contribution in [0.15, 0.2) is 28.7 Å². The molecule has 2 nitrogen and oxygen atoms in total. The molecular weight excluding hydrogens is 256 g/mol. The fourth-order valence-corrected chi connectivity index (χ4v) is 2.59. The highest BCUT2D eigenvalue weighted by atomic mass is 79.9. The Hall–Kier alpha value is -0.830. The van der Waals surface area contributed by atoms with E-state index in [0.717, 1.165) is 22.9 Å². The van der Waals surface area contributed by atoms with Crippen molar-refractivity contribution < 1.29 is 9.90 Å². The molecule has 3 heteroatoms. The quantitative estimate of drug-likeness (QED) is 0.914. The largest absolute Gasteiger partial charge is 0.481 e. The lowest BCUT2D eigenvalue weighted by Crippen LogP contribution is -2.13. The first kappa shape index (κ1) is 10.7. The van der Waals surface area contributed by atoms with Crippen LogP contribution in [0.1, 0.15) is 25.3 Å². The van der Waals surface area contributed by atoms with Crippen LogP contribution < -0.4 is 0 Å². The second kappa shape index (κ2) is 3.63. The van der Waals surface area contributed by atoms with Crippen LogP contribution in [0, 0.1) is 5.92 Å². The molecule has 0 radical (unpaired) electrons. The number of carboxylic acid groups (broad SMARTS) is 1. The zero-order chi connectivity index (χ0) is 11.1. The number of rotatable bonds is 3. The summed E-state index contributed by atoms with van der Waals surface area (Å²) in [6.45, 7) is 2.06. The van der Waals surface area contributed by atoms with Crippen LogP contribution in [-0.4, -0.2) is 11.1 Å². The van der Waals surface area contributed by atoms with Gasteiger partial charge in [0.1, 0.15) is 0 Å². The molecule has 1 aliphatic rings. The molecule has 0 bridgehead atoms. The van der Waals surface area contributed by atoms with E-state index in [1.165, 1.54) is 0 Å². The number of hydrogen-bond donors (Lipinski definition) is 1. The van der Waals surface area contributed by atoms with Crippen molar-refractivity contribution in [2.75, 3.05) is 0 Å². The van der Waals surface area contributed by atoms with Gasteiger partial charge in [0.15, 0.2) is 0 Å². The Kier molecular flexibility index (Phi) is 2.59. The van der Waals surface area contributed by atoms with Gasteiger partial charge in [-0.05, 0) is 30.5 Å². The van der Waals surface area contributed by atoms with Crippen LogP contribution >= 0.6 is 15.9 Å². The average molecular weight is 269 g/mol. The lowest BCUT2D eigenvalue weighted by molar-refractivity contribution is -0.139. The standard InChI is InChI=1S/C12H13BrO2/c1-2-12(7-10(12)11(14)15)8-3-5-9(13)6-4-8/h3-6,10H,2,7H2,1H3,(H,14,15). The second-order valence-corrected chi connectivity index (χ2v) is 5.03. The van der Waals surface area contributed by atoms with Crippen molar-refractivity contribution in [2.45, 2.75) is 25.2 Å². The number of benzene rings is 1. The van der Waals surface area contributed by atoms with Gasteiger partial charge in [0.25, 0.3) is 0 Å². The molecule has 0 saturated heterocycles. The maximum atomic E-state index is 11.0. The highest BCUT2D eigenvalue weighted by molar-refractivity contribution is 9.10. The third-order valence-electron chi connectivity index (χ3n) is 3.42. The molecule has 2 unspecified atom stereocenters. The number of carboxylic acids is 1. The van der Waals surface area contributed by atoms with Gasteiger partial charge in [0, 0.05) is 9.89 Å². The van der Waals surface area contributed by atoms with E-state index in [0.29, 0.717) is 0 Å². The van der Waals surface area contributed by atoms with Crippen molar-refractivity contribution in [1.82, 2.24) is 0 Å². The van der Waals surface area contributed by atoms with Gasteiger partial charge in [-0.25, -0.2) is 0 Å². The zero-order valence-corrected chi connectivity index (χ0v) is 10.1. The van der Waals surface area contributed by atoms with E-state index in [1.807, 2.05) is 24.3 Å². The number of carbonyl (C=O) groups is 1. The summed E-state index contributed by atoms with van der Waals surface area (Å²) in [4.78, 5) is 11.0. The Labute approximate surface area is 97.4 Å². The van der Waals surface area contributed by atoms with Crippen LogP contribution in [0.4, 0.5) is 0 Å². The molecule has 0 aliphatic heterocycles. The zero-order valence-electron chi connectivity index (χ0n) is 8.53. The van der Waals surface area contributed by atoms with Gasteiger partial charge in [-0.2, -0.15) is 0 Å². The minimum atomic E-state index is -0.667. The van der Waals surface area contributed by atoms with Gasteiger partial charge >= 0.3 is 5.97 Å². The summed E-state index contributed by atoms with van der Waals surface area (Å²) in [7, 11) is 0. The first-order valence-electron chi connectivity index (χ1n) is 5.09. The Morgan fingerprint density at radius 3 is 2.53 bits per heavy atom. The van der Waals surface area contributed by atoms with Gasteiger partial charge in [0.05, 0.1) is 5.92 Å². The molecule has 15 heavy (non-hydrogen) atoms. The molecule has 1 N–H and O–H groups in total. The van der Waals surface area contributed by atoms with E-state index >= 15 is 0 Å². The molecule has 0 heterocycles. The van der Waals surface area contributed by atoms with Crippen LogP contribution in [0.3, 0.4) is 0 Å². The third-order valence-corrected chi connectivity index (χ3v) is 3.95. The summed E-state index contributed by atoms with van der Waals surface area (Å²) in [5, 5.41) is 9.03. The van der Waals surface area contributed by atoms with Crippen LogP contribution in [0.2, 0.25) is 0 Å². The van der Waals surface area contributed by atoms with E-state index in [9.17, 15) is 4.79 Å². The first-order chi connectivity index (χ1) is 7.10. The molecule has 0 spiro atoms. The van der Waals surface area contributed by atoms with E-state index in [4.69, 9.17) is 5.11 Å². The van der Waals surface area contributed by atoms with Crippen molar-refractivity contribution in [3.05, 3.63) is 34.3 Å². The number of aliphatic carboxylic acids is 1. The molecule has 1 saturated carbocycles. The Morgan fingerprint density at radius 2 is 2.13 bits per heavy atom. The Bertz CT molecular complexity index is 385. The third kappa shape index (κ3) is 1.69. The fraction of sp³-hybridized carbons (Fsp3) is 0.417. The molecular formula is C12H13BrO2. The van der Waals surface area contributed by atoms with Crippen molar-refractivity contribution in [3.8, 4) is 0 Å². The summed E-state index contributed by atoms with van der Waals surface area (Å²) in [6.07, 6.45) is 1.67. The van der Waals surface area contributed by atoms with Crippen LogP contribution in [-0.2, 0) is 10.2 Å². The van der Waals surface area contributed by atoms with Gasteiger partial charge < -0.3 is 5.11 Å². The highest BCUT2D eigenvalue weighted by Gasteiger charge is 2.58. The molecule has 1 aromatic carbocycles. The maximum absolute atomic E-state index is 11.0. The SMILES string of the molecule is CCC1(c2ccc(Br)cc2)CC1C(=O)O. The summed E-state index contributed by atoms with van der Waals surface area (Å²) >= 11 is 3.38. The van der Waals surface area contributed by atoms with Gasteiger partial charge in [-0.3, -0.25) is 4.79 Å². The van der Waals surface area contributed by atoms with Gasteiger partial charge in [-0.1, -0.05) is 35.0 Å². The fourth-order valence-electron chi connectivity index (χ4n) is 2.32. The smallest absolute Gasteiger partial charge is 0.307 e. The lowest BCUT2D eigenvalue weighted by atomic mass is 9.90. The minimum Gasteiger partial charge on any atom is -0.481 e. The second-order valence-electron chi connectivity index (χ2n) is 4.11.